The summed E-state index contributed by atoms with van der Waals surface area (Å²) in [6, 6.07) is 0. The van der Waals surface area contributed by atoms with Gasteiger partial charge in [0.1, 0.15) is 12.2 Å². The molecule has 170 valence electrons. The molecule has 31 heavy (non-hydrogen) atoms. The number of rotatable bonds is 0. The second-order valence-corrected chi connectivity index (χ2v) is 10.8. The lowest BCUT2D eigenvalue weighted by Crippen LogP contribution is -2.67. The van der Waals surface area contributed by atoms with Crippen LogP contribution in [0.4, 0.5) is 0 Å². The number of ether oxygens (including phenoxy) is 4. The Labute approximate surface area is 176 Å². The summed E-state index contributed by atoms with van der Waals surface area (Å²) in [5, 5.41) is 46.1. The van der Waals surface area contributed by atoms with E-state index < -0.39 is 94.0 Å². The summed E-state index contributed by atoms with van der Waals surface area (Å²) in [7, 11) is 0. The molecule has 0 amide bonds. The van der Waals surface area contributed by atoms with Crippen LogP contribution in [-0.4, -0.2) is 86.3 Å². The Morgan fingerprint density at radius 3 is 2.19 bits per heavy atom. The molecule has 6 aliphatic rings. The van der Waals surface area contributed by atoms with Gasteiger partial charge in [-0.05, 0) is 12.3 Å². The van der Waals surface area contributed by atoms with Gasteiger partial charge >= 0.3 is 17.9 Å². The third-order valence-corrected chi connectivity index (χ3v) is 8.95. The summed E-state index contributed by atoms with van der Waals surface area (Å²) in [5.41, 5.74) is -9.40. The maximum atomic E-state index is 13.4. The van der Waals surface area contributed by atoms with Crippen LogP contribution in [0.1, 0.15) is 27.7 Å². The zero-order valence-corrected chi connectivity index (χ0v) is 17.3. The lowest BCUT2D eigenvalue weighted by Gasteiger charge is -2.47. The monoisotopic (exact) mass is 440 g/mol. The third-order valence-electron chi connectivity index (χ3n) is 8.95. The van der Waals surface area contributed by atoms with E-state index in [9.17, 15) is 34.8 Å². The van der Waals surface area contributed by atoms with Gasteiger partial charge in [-0.2, -0.15) is 0 Å². The molecule has 2 spiro atoms. The SMILES string of the molecule is C[C@@H]1C(=O)O[C@H]2[C@H](O)[C@]34[C@@H]5OC(=O)[C@]3(O[C@@H]3OC(=O)[C@H](O)[C@]34[C@H](C(C)(C)C)[C@@H]5O)[C@@]12O. The third kappa shape index (κ3) is 1.43. The van der Waals surface area contributed by atoms with E-state index in [1.807, 2.05) is 0 Å². The largest absolute Gasteiger partial charge is 0.456 e. The van der Waals surface area contributed by atoms with Crippen LogP contribution in [0.25, 0.3) is 0 Å². The van der Waals surface area contributed by atoms with Crippen molar-refractivity contribution in [3.63, 3.8) is 0 Å². The van der Waals surface area contributed by atoms with E-state index >= 15 is 0 Å². The molecule has 0 aromatic heterocycles. The highest BCUT2D eigenvalue weighted by atomic mass is 16.8. The first-order chi connectivity index (χ1) is 14.3. The normalized spacial score (nSPS) is 61.0. The Morgan fingerprint density at radius 2 is 1.58 bits per heavy atom. The summed E-state index contributed by atoms with van der Waals surface area (Å²) in [4.78, 5) is 38.3. The number of carbonyl (C=O) groups is 3. The molecular weight excluding hydrogens is 416 g/mol. The van der Waals surface area contributed by atoms with Crippen molar-refractivity contribution >= 4 is 17.9 Å². The van der Waals surface area contributed by atoms with Crippen molar-refractivity contribution in [2.75, 3.05) is 0 Å². The van der Waals surface area contributed by atoms with Gasteiger partial charge in [0.2, 0.25) is 11.9 Å². The molecule has 2 aliphatic carbocycles. The molecule has 2 saturated carbocycles. The highest BCUT2D eigenvalue weighted by molar-refractivity contribution is 5.94. The summed E-state index contributed by atoms with van der Waals surface area (Å²) in [5.74, 6) is -5.22. The van der Waals surface area contributed by atoms with Crippen LogP contribution in [0.15, 0.2) is 0 Å². The van der Waals surface area contributed by atoms with Crippen molar-refractivity contribution in [2.45, 2.75) is 75.7 Å². The number of aliphatic hydroxyl groups is 4. The predicted molar refractivity (Wildman–Crippen MR) is 93.4 cm³/mol. The molecule has 12 atom stereocenters. The van der Waals surface area contributed by atoms with Gasteiger partial charge in [-0.1, -0.05) is 20.8 Å². The molecular formula is C20H24O11. The number of fused-ring (bicyclic) bond motifs is 1. The van der Waals surface area contributed by atoms with Crippen molar-refractivity contribution in [3.05, 3.63) is 0 Å². The van der Waals surface area contributed by atoms with E-state index in [4.69, 9.17) is 18.9 Å². The Morgan fingerprint density at radius 1 is 0.935 bits per heavy atom. The molecule has 6 rings (SSSR count). The van der Waals surface area contributed by atoms with Gasteiger partial charge in [-0.3, -0.25) is 4.79 Å². The second kappa shape index (κ2) is 4.91. The number of esters is 3. The van der Waals surface area contributed by atoms with E-state index in [-0.39, 0.29) is 0 Å². The smallest absolute Gasteiger partial charge is 0.343 e. The van der Waals surface area contributed by atoms with Crippen LogP contribution in [0.2, 0.25) is 0 Å². The topological polar surface area (TPSA) is 169 Å². The Hall–Kier alpha value is -1.79. The van der Waals surface area contributed by atoms with E-state index in [1.165, 1.54) is 6.92 Å². The zero-order valence-electron chi connectivity index (χ0n) is 17.3. The maximum absolute atomic E-state index is 13.4. The molecule has 4 heterocycles. The van der Waals surface area contributed by atoms with Gasteiger partial charge in [0.05, 0.1) is 22.9 Å². The first-order valence-corrected chi connectivity index (χ1v) is 10.3. The van der Waals surface area contributed by atoms with Crippen molar-refractivity contribution < 1.29 is 53.8 Å². The van der Waals surface area contributed by atoms with Crippen LogP contribution in [0.3, 0.4) is 0 Å². The molecule has 11 heteroatoms. The van der Waals surface area contributed by atoms with Gasteiger partial charge < -0.3 is 39.4 Å². The van der Waals surface area contributed by atoms with E-state index in [1.54, 1.807) is 20.8 Å². The van der Waals surface area contributed by atoms with E-state index in [0.717, 1.165) is 0 Å². The van der Waals surface area contributed by atoms with Crippen LogP contribution < -0.4 is 0 Å². The van der Waals surface area contributed by atoms with E-state index in [0.29, 0.717) is 0 Å². The van der Waals surface area contributed by atoms with Gasteiger partial charge in [0.25, 0.3) is 0 Å². The molecule has 11 nitrogen and oxygen atoms in total. The van der Waals surface area contributed by atoms with Crippen LogP contribution >= 0.6 is 0 Å². The average Bonchev–Trinajstić information content (AvgIpc) is 3.35. The highest BCUT2D eigenvalue weighted by Gasteiger charge is 3.05. The minimum atomic E-state index is -2.40. The van der Waals surface area contributed by atoms with Crippen molar-refractivity contribution in [1.29, 1.82) is 0 Å². The molecule has 4 aliphatic heterocycles. The first-order valence-electron chi connectivity index (χ1n) is 10.3. The summed E-state index contributed by atoms with van der Waals surface area (Å²) >= 11 is 0. The minimum Gasteiger partial charge on any atom is -0.456 e. The second-order valence-electron chi connectivity index (χ2n) is 10.8. The fraction of sp³-hybridized carbons (Fsp3) is 0.850. The fourth-order valence-electron chi connectivity index (χ4n) is 8.27. The van der Waals surface area contributed by atoms with Gasteiger partial charge in [-0.15, -0.1) is 0 Å². The molecule has 0 unspecified atom stereocenters. The molecule has 4 N–H and O–H groups in total. The number of hydrogen-bond acceptors (Lipinski definition) is 11. The Bertz CT molecular complexity index is 957. The van der Waals surface area contributed by atoms with Crippen LogP contribution in [0, 0.1) is 28.1 Å². The zero-order chi connectivity index (χ0) is 22.7. The van der Waals surface area contributed by atoms with Gasteiger partial charge in [0, 0.05) is 5.92 Å². The number of aliphatic hydroxyl groups excluding tert-OH is 3. The van der Waals surface area contributed by atoms with Crippen molar-refractivity contribution in [1.82, 2.24) is 0 Å². The standard InChI is InChI=1S/C20H24O11/c1-5-12(24)28-11-8(22)18-10-6(21)7(16(2,3)4)17(18)9(23)13(25)30-15(17)31-20(18,14(26)29-10)19(5,11)27/h5-11,15,21-23,27H,1-4H3/t5-,6+,7+,8+,9+,10-,11+,15+,17-,18-,19-,20-/m1/s1. The molecule has 0 aromatic carbocycles. The summed E-state index contributed by atoms with van der Waals surface area (Å²) in [6.07, 6.45) is -9.69. The van der Waals surface area contributed by atoms with Crippen LogP contribution in [0.5, 0.6) is 0 Å². The first kappa shape index (κ1) is 19.9. The molecule has 0 aromatic rings. The quantitative estimate of drug-likeness (QED) is 0.234. The maximum Gasteiger partial charge on any atom is 0.343 e. The molecule has 6 fully saturated rings. The Kier molecular flexibility index (Phi) is 3.15. The number of hydrogen-bond donors (Lipinski definition) is 4. The minimum absolute atomic E-state index is 0.792. The summed E-state index contributed by atoms with van der Waals surface area (Å²) in [6.45, 7) is 6.63. The van der Waals surface area contributed by atoms with Gasteiger partial charge in [-0.25, -0.2) is 9.59 Å². The number of carbonyl (C=O) groups excluding carboxylic acids is 3. The van der Waals surface area contributed by atoms with Gasteiger partial charge in [0.15, 0.2) is 17.8 Å². The average molecular weight is 440 g/mol. The lowest BCUT2D eigenvalue weighted by atomic mass is 9.51. The molecule has 0 radical (unpaired) electrons. The highest BCUT2D eigenvalue weighted by Crippen LogP contribution is 2.84. The molecule has 0 bridgehead atoms. The lowest BCUT2D eigenvalue weighted by molar-refractivity contribution is -0.240. The predicted octanol–water partition coefficient (Wildman–Crippen LogP) is -2.40. The fourth-order valence-corrected chi connectivity index (χ4v) is 8.27. The van der Waals surface area contributed by atoms with E-state index in [2.05, 4.69) is 0 Å². The van der Waals surface area contributed by atoms with Crippen molar-refractivity contribution in [3.8, 4) is 0 Å². The van der Waals surface area contributed by atoms with Crippen molar-refractivity contribution in [2.24, 2.45) is 28.1 Å². The Balaban J connectivity index is 1.75. The van der Waals surface area contributed by atoms with Crippen LogP contribution in [-0.2, 0) is 33.3 Å². The summed E-state index contributed by atoms with van der Waals surface area (Å²) < 4.78 is 22.2. The molecule has 4 saturated heterocycles.